The van der Waals surface area contributed by atoms with E-state index in [1.807, 2.05) is 32.1 Å². The van der Waals surface area contributed by atoms with Gasteiger partial charge in [-0.2, -0.15) is 0 Å². The van der Waals surface area contributed by atoms with Crippen molar-refractivity contribution >= 4 is 11.6 Å². The lowest BCUT2D eigenvalue weighted by atomic mass is 9.57. The van der Waals surface area contributed by atoms with Gasteiger partial charge in [-0.1, -0.05) is 23.8 Å². The van der Waals surface area contributed by atoms with E-state index in [0.717, 1.165) is 12.0 Å². The number of aliphatic hydroxyl groups excluding tert-OH is 1. The van der Waals surface area contributed by atoms with Gasteiger partial charge in [0.1, 0.15) is 0 Å². The number of Topliss-reactive ketones (excluding diaryl/α,β-unsaturated/α-hetero) is 2. The zero-order valence-corrected chi connectivity index (χ0v) is 12.3. The highest BCUT2D eigenvalue weighted by Crippen LogP contribution is 2.65. The molecule has 1 heterocycles. The molecule has 3 fully saturated rings. The van der Waals surface area contributed by atoms with Crippen LogP contribution in [0.25, 0.3) is 0 Å². The molecule has 1 aliphatic heterocycles. The van der Waals surface area contributed by atoms with E-state index in [9.17, 15) is 14.7 Å². The van der Waals surface area contributed by atoms with Crippen molar-refractivity contribution in [3.8, 4) is 0 Å². The van der Waals surface area contributed by atoms with Crippen molar-refractivity contribution in [2.45, 2.75) is 38.4 Å². The summed E-state index contributed by atoms with van der Waals surface area (Å²) in [4.78, 5) is 25.9. The first-order valence-corrected chi connectivity index (χ1v) is 7.66. The van der Waals surface area contributed by atoms with Crippen molar-refractivity contribution in [2.75, 3.05) is 6.61 Å². The van der Waals surface area contributed by atoms with Crippen LogP contribution in [0.15, 0.2) is 23.8 Å². The van der Waals surface area contributed by atoms with Crippen LogP contribution in [-0.2, 0) is 14.3 Å². The number of hydrogen-bond donors (Lipinski definition) is 1. The lowest BCUT2D eigenvalue weighted by molar-refractivity contribution is -0.149. The number of allylic oxidation sites excluding steroid dienone is 3. The molecule has 0 amide bonds. The molecule has 0 spiro atoms. The third-order valence-electron chi connectivity index (χ3n) is 5.93. The van der Waals surface area contributed by atoms with Gasteiger partial charge in [0.15, 0.2) is 23.3 Å². The molecular weight excluding hydrogens is 268 g/mol. The van der Waals surface area contributed by atoms with Crippen molar-refractivity contribution in [3.63, 3.8) is 0 Å². The van der Waals surface area contributed by atoms with Crippen molar-refractivity contribution < 1.29 is 19.4 Å². The van der Waals surface area contributed by atoms with Crippen molar-refractivity contribution in [1.29, 1.82) is 0 Å². The molecule has 0 aromatic rings. The van der Waals surface area contributed by atoms with Crippen LogP contribution in [0.4, 0.5) is 0 Å². The Hall–Kier alpha value is -1.26. The molecular formula is C17H20O4. The molecule has 112 valence electrons. The normalized spacial score (nSPS) is 49.1. The Bertz CT molecular complexity index is 600. The minimum absolute atomic E-state index is 0.000367. The van der Waals surface area contributed by atoms with Crippen LogP contribution in [0, 0.1) is 23.2 Å². The summed E-state index contributed by atoms with van der Waals surface area (Å²) in [7, 11) is 0. The zero-order chi connectivity index (χ0) is 15.0. The summed E-state index contributed by atoms with van der Waals surface area (Å²) in [6.45, 7) is 3.70. The topological polar surface area (TPSA) is 66.9 Å². The van der Waals surface area contributed by atoms with Crippen molar-refractivity contribution in [3.05, 3.63) is 23.8 Å². The monoisotopic (exact) mass is 288 g/mol. The predicted octanol–water partition coefficient (Wildman–Crippen LogP) is 1.43. The van der Waals surface area contributed by atoms with Gasteiger partial charge in [0.05, 0.1) is 12.0 Å². The fourth-order valence-corrected chi connectivity index (χ4v) is 4.77. The maximum atomic E-state index is 13.0. The minimum Gasteiger partial charge on any atom is -0.395 e. The molecule has 1 N–H and O–H groups in total. The van der Waals surface area contributed by atoms with Gasteiger partial charge in [-0.3, -0.25) is 9.59 Å². The molecule has 4 heteroatoms. The van der Waals surface area contributed by atoms with Crippen LogP contribution in [0.2, 0.25) is 0 Å². The number of carbonyl (C=O) groups is 2. The van der Waals surface area contributed by atoms with E-state index in [0.29, 0.717) is 6.42 Å². The van der Waals surface area contributed by atoms with Crippen LogP contribution in [0.5, 0.6) is 0 Å². The Morgan fingerprint density at radius 3 is 2.81 bits per heavy atom. The standard InChI is InChI=1S/C17H20O4/c1-9(2)5-6-17-13(19)12-10-3-4-11(7-10)16(12,8-18)14(20)15(17)21-17/h3-5,10-12,15,18H,6-8H2,1-2H3/t10-,11+,12+,15-,16+,17+/m0/s1. The van der Waals surface area contributed by atoms with Gasteiger partial charge in [-0.25, -0.2) is 0 Å². The van der Waals surface area contributed by atoms with E-state index in [2.05, 4.69) is 0 Å². The quantitative estimate of drug-likeness (QED) is 0.630. The Balaban J connectivity index is 1.76. The molecule has 0 aromatic heterocycles. The number of ketones is 2. The van der Waals surface area contributed by atoms with Gasteiger partial charge in [0.25, 0.3) is 0 Å². The average Bonchev–Trinajstić information content (AvgIpc) is 2.88. The Morgan fingerprint density at radius 2 is 2.14 bits per heavy atom. The average molecular weight is 288 g/mol. The molecule has 6 atom stereocenters. The van der Waals surface area contributed by atoms with Gasteiger partial charge >= 0.3 is 0 Å². The molecule has 4 nitrogen and oxygen atoms in total. The molecule has 2 saturated carbocycles. The number of carbonyl (C=O) groups excluding carboxylic acids is 2. The number of aliphatic hydroxyl groups is 1. The number of fused-ring (bicyclic) bond motifs is 6. The molecule has 3 aliphatic carbocycles. The third kappa shape index (κ3) is 1.38. The van der Waals surface area contributed by atoms with Gasteiger partial charge in [-0.15, -0.1) is 0 Å². The fraction of sp³-hybridized carbons (Fsp3) is 0.647. The van der Waals surface area contributed by atoms with E-state index in [1.54, 1.807) is 0 Å². The fourth-order valence-electron chi connectivity index (χ4n) is 4.77. The lowest BCUT2D eigenvalue weighted by Crippen LogP contribution is -2.58. The summed E-state index contributed by atoms with van der Waals surface area (Å²) >= 11 is 0. The smallest absolute Gasteiger partial charge is 0.174 e. The second kappa shape index (κ2) is 3.93. The summed E-state index contributed by atoms with van der Waals surface area (Å²) in [6, 6.07) is 0. The van der Waals surface area contributed by atoms with E-state index >= 15 is 0 Å². The van der Waals surface area contributed by atoms with Crippen LogP contribution >= 0.6 is 0 Å². The molecule has 0 aromatic carbocycles. The van der Waals surface area contributed by atoms with Gasteiger partial charge in [-0.05, 0) is 32.1 Å². The predicted molar refractivity (Wildman–Crippen MR) is 75.4 cm³/mol. The lowest BCUT2D eigenvalue weighted by Gasteiger charge is -2.41. The number of ether oxygens (including phenoxy) is 1. The maximum Gasteiger partial charge on any atom is 0.174 e. The van der Waals surface area contributed by atoms with E-state index in [1.165, 1.54) is 0 Å². The Morgan fingerprint density at radius 1 is 1.38 bits per heavy atom. The first kappa shape index (κ1) is 13.4. The maximum absolute atomic E-state index is 13.0. The SMILES string of the molecule is CC(C)=CC[C@]12O[C@H]1C(=O)[C@]1(CO)[C@@H]3C=C[C@@H](C3)[C@@H]1C2=O. The molecule has 0 radical (unpaired) electrons. The first-order valence-electron chi connectivity index (χ1n) is 7.66. The highest BCUT2D eigenvalue weighted by molar-refractivity contribution is 6.12. The second-order valence-corrected chi connectivity index (χ2v) is 7.17. The van der Waals surface area contributed by atoms with Crippen LogP contribution < -0.4 is 0 Å². The summed E-state index contributed by atoms with van der Waals surface area (Å²) in [5.74, 6) is -0.314. The number of epoxide rings is 1. The summed E-state index contributed by atoms with van der Waals surface area (Å²) in [6.07, 6.45) is 6.68. The molecule has 21 heavy (non-hydrogen) atoms. The zero-order valence-electron chi connectivity index (χ0n) is 12.3. The Labute approximate surface area is 123 Å². The molecule has 1 saturated heterocycles. The first-order chi connectivity index (χ1) is 9.97. The largest absolute Gasteiger partial charge is 0.395 e. The van der Waals surface area contributed by atoms with Gasteiger partial charge in [0, 0.05) is 12.3 Å². The summed E-state index contributed by atoms with van der Waals surface area (Å²) in [5, 5.41) is 9.93. The van der Waals surface area contributed by atoms with Crippen molar-refractivity contribution in [1.82, 2.24) is 0 Å². The van der Waals surface area contributed by atoms with E-state index < -0.39 is 23.0 Å². The summed E-state index contributed by atoms with van der Waals surface area (Å²) in [5.41, 5.74) is -0.729. The van der Waals surface area contributed by atoms with E-state index in [-0.39, 0.29) is 30.0 Å². The molecule has 0 unspecified atom stereocenters. The van der Waals surface area contributed by atoms with Crippen LogP contribution in [-0.4, -0.2) is 35.0 Å². The number of rotatable bonds is 3. The van der Waals surface area contributed by atoms with Crippen LogP contribution in [0.3, 0.4) is 0 Å². The van der Waals surface area contributed by atoms with Gasteiger partial charge in [0.2, 0.25) is 0 Å². The van der Waals surface area contributed by atoms with E-state index in [4.69, 9.17) is 4.74 Å². The minimum atomic E-state index is -0.935. The number of hydrogen-bond acceptors (Lipinski definition) is 4. The van der Waals surface area contributed by atoms with Crippen LogP contribution in [0.1, 0.15) is 26.7 Å². The molecule has 2 bridgehead atoms. The van der Waals surface area contributed by atoms with Gasteiger partial charge < -0.3 is 9.84 Å². The second-order valence-electron chi connectivity index (χ2n) is 7.17. The molecule has 4 aliphatic rings. The summed E-state index contributed by atoms with van der Waals surface area (Å²) < 4.78 is 5.65. The van der Waals surface area contributed by atoms with Crippen molar-refractivity contribution in [2.24, 2.45) is 23.2 Å². The molecule has 4 rings (SSSR count). The third-order valence-corrected chi connectivity index (χ3v) is 5.93. The highest BCUT2D eigenvalue weighted by Gasteiger charge is 2.79. The highest BCUT2D eigenvalue weighted by atomic mass is 16.6. The Kier molecular flexibility index (Phi) is 2.51.